The lowest BCUT2D eigenvalue weighted by Crippen LogP contribution is -2.40. The first-order valence-corrected chi connectivity index (χ1v) is 7.71. The number of hydrogen-bond donors (Lipinski definition) is 2. The molecule has 122 valence electrons. The van der Waals surface area contributed by atoms with Crippen molar-refractivity contribution in [1.29, 1.82) is 0 Å². The van der Waals surface area contributed by atoms with Crippen molar-refractivity contribution in [3.05, 3.63) is 29.8 Å². The van der Waals surface area contributed by atoms with E-state index in [0.717, 1.165) is 38.0 Å². The first kappa shape index (κ1) is 16.9. The summed E-state index contributed by atoms with van der Waals surface area (Å²) in [5.41, 5.74) is 1.02. The van der Waals surface area contributed by atoms with E-state index >= 15 is 0 Å². The largest absolute Gasteiger partial charge is 0.435 e. The van der Waals surface area contributed by atoms with Gasteiger partial charge in [0.2, 0.25) is 0 Å². The van der Waals surface area contributed by atoms with Gasteiger partial charge in [-0.05, 0) is 49.2 Å². The number of halogens is 2. The quantitative estimate of drug-likeness (QED) is 0.752. The zero-order chi connectivity index (χ0) is 15.8. The van der Waals surface area contributed by atoms with Crippen molar-refractivity contribution >= 4 is 17.3 Å². The number of benzene rings is 1. The molecular formula is C15H20F2N2O2S. The highest BCUT2D eigenvalue weighted by molar-refractivity contribution is 7.80. The molecule has 0 aliphatic carbocycles. The molecule has 2 rings (SSSR count). The van der Waals surface area contributed by atoms with Crippen LogP contribution in [-0.4, -0.2) is 37.5 Å². The van der Waals surface area contributed by atoms with Crippen molar-refractivity contribution in [3.8, 4) is 5.75 Å². The molecule has 1 heterocycles. The summed E-state index contributed by atoms with van der Waals surface area (Å²) < 4.78 is 33.9. The lowest BCUT2D eigenvalue weighted by Gasteiger charge is -2.14. The molecule has 0 unspecified atom stereocenters. The molecule has 0 amide bonds. The Labute approximate surface area is 134 Å². The molecule has 0 radical (unpaired) electrons. The molecule has 1 atom stereocenters. The molecule has 1 aliphatic heterocycles. The van der Waals surface area contributed by atoms with E-state index < -0.39 is 6.61 Å². The van der Waals surface area contributed by atoms with Gasteiger partial charge in [0.05, 0.1) is 6.10 Å². The van der Waals surface area contributed by atoms with Gasteiger partial charge < -0.3 is 20.1 Å². The molecule has 7 heteroatoms. The third-order valence-corrected chi connectivity index (χ3v) is 3.65. The molecule has 0 spiro atoms. The first-order valence-electron chi connectivity index (χ1n) is 7.30. The molecule has 0 bridgehead atoms. The fourth-order valence-corrected chi connectivity index (χ4v) is 2.42. The third kappa shape index (κ3) is 6.11. The maximum Gasteiger partial charge on any atom is 0.387 e. The van der Waals surface area contributed by atoms with Crippen LogP contribution in [0.25, 0.3) is 0 Å². The van der Waals surface area contributed by atoms with Gasteiger partial charge in [-0.1, -0.05) is 12.1 Å². The fourth-order valence-electron chi connectivity index (χ4n) is 2.23. The summed E-state index contributed by atoms with van der Waals surface area (Å²) in [6, 6.07) is 6.61. The van der Waals surface area contributed by atoms with Crippen molar-refractivity contribution in [1.82, 2.24) is 10.6 Å². The van der Waals surface area contributed by atoms with Crippen LogP contribution < -0.4 is 15.4 Å². The monoisotopic (exact) mass is 330 g/mol. The smallest absolute Gasteiger partial charge is 0.387 e. The van der Waals surface area contributed by atoms with E-state index in [1.165, 1.54) is 12.1 Å². The summed E-state index contributed by atoms with van der Waals surface area (Å²) in [6.45, 7) is -0.560. The second-order valence-corrected chi connectivity index (χ2v) is 5.45. The lowest BCUT2D eigenvalue weighted by atomic mass is 10.1. The summed E-state index contributed by atoms with van der Waals surface area (Å²) in [5, 5.41) is 6.85. The van der Waals surface area contributed by atoms with Crippen LogP contribution in [0.3, 0.4) is 0 Å². The molecule has 0 saturated carbocycles. The Morgan fingerprint density at radius 3 is 2.73 bits per heavy atom. The molecule has 1 saturated heterocycles. The number of alkyl halides is 2. The Bertz CT molecular complexity index is 465. The zero-order valence-corrected chi connectivity index (χ0v) is 13.0. The van der Waals surface area contributed by atoms with Crippen LogP contribution in [0.15, 0.2) is 24.3 Å². The molecule has 0 aromatic heterocycles. The number of nitrogens with one attached hydrogen (secondary N) is 2. The van der Waals surface area contributed by atoms with Gasteiger partial charge in [0.15, 0.2) is 5.11 Å². The van der Waals surface area contributed by atoms with E-state index in [-0.39, 0.29) is 11.9 Å². The van der Waals surface area contributed by atoms with Gasteiger partial charge >= 0.3 is 6.61 Å². The molecule has 2 N–H and O–H groups in total. The summed E-state index contributed by atoms with van der Waals surface area (Å²) in [5.74, 6) is 0.167. The second kappa shape index (κ2) is 8.85. The summed E-state index contributed by atoms with van der Waals surface area (Å²) in [7, 11) is 0. The van der Waals surface area contributed by atoms with Crippen molar-refractivity contribution in [2.24, 2.45) is 0 Å². The Morgan fingerprint density at radius 2 is 2.09 bits per heavy atom. The third-order valence-electron chi connectivity index (χ3n) is 3.36. The zero-order valence-electron chi connectivity index (χ0n) is 12.2. The van der Waals surface area contributed by atoms with Crippen molar-refractivity contribution in [2.45, 2.75) is 32.0 Å². The SMILES string of the molecule is FC(F)Oc1ccc(CCNC(=S)NC[C@H]2CCCO2)cc1. The maximum absolute atomic E-state index is 12.0. The van der Waals surface area contributed by atoms with E-state index in [1.54, 1.807) is 12.1 Å². The van der Waals surface area contributed by atoms with Gasteiger partial charge in [-0.15, -0.1) is 0 Å². The predicted molar refractivity (Wildman–Crippen MR) is 84.4 cm³/mol. The topological polar surface area (TPSA) is 42.5 Å². The summed E-state index contributed by atoms with van der Waals surface area (Å²) in [6.07, 6.45) is 3.18. The lowest BCUT2D eigenvalue weighted by molar-refractivity contribution is -0.0498. The Hall–Kier alpha value is -1.47. The van der Waals surface area contributed by atoms with Gasteiger partial charge in [-0.3, -0.25) is 0 Å². The van der Waals surface area contributed by atoms with Crippen LogP contribution in [0.2, 0.25) is 0 Å². The van der Waals surface area contributed by atoms with Crippen LogP contribution in [0.5, 0.6) is 5.75 Å². The van der Waals surface area contributed by atoms with Crippen molar-refractivity contribution in [3.63, 3.8) is 0 Å². The highest BCUT2D eigenvalue weighted by Crippen LogP contribution is 2.15. The molecule has 4 nitrogen and oxygen atoms in total. The average Bonchev–Trinajstić information content (AvgIpc) is 3.00. The van der Waals surface area contributed by atoms with Gasteiger partial charge in [-0.25, -0.2) is 0 Å². The van der Waals surface area contributed by atoms with Crippen LogP contribution in [0.4, 0.5) is 8.78 Å². The van der Waals surface area contributed by atoms with Gasteiger partial charge in [-0.2, -0.15) is 8.78 Å². The van der Waals surface area contributed by atoms with E-state index in [4.69, 9.17) is 17.0 Å². The highest BCUT2D eigenvalue weighted by atomic mass is 32.1. The Morgan fingerprint density at radius 1 is 1.32 bits per heavy atom. The van der Waals surface area contributed by atoms with Crippen LogP contribution >= 0.6 is 12.2 Å². The maximum atomic E-state index is 12.0. The summed E-state index contributed by atoms with van der Waals surface area (Å²) >= 11 is 5.19. The van der Waals surface area contributed by atoms with E-state index in [1.807, 2.05) is 0 Å². The minimum absolute atomic E-state index is 0.167. The standard InChI is InChI=1S/C15H20F2N2O2S/c16-14(17)21-12-5-3-11(4-6-12)7-8-18-15(22)19-10-13-2-1-9-20-13/h3-6,13-14H,1-2,7-10H2,(H2,18,19,22)/t13-/m1/s1. The van der Waals surface area contributed by atoms with Gasteiger partial charge in [0.25, 0.3) is 0 Å². The van der Waals surface area contributed by atoms with Gasteiger partial charge in [0, 0.05) is 19.7 Å². The van der Waals surface area contributed by atoms with E-state index in [2.05, 4.69) is 15.4 Å². The molecule has 1 aromatic carbocycles. The van der Waals surface area contributed by atoms with E-state index in [9.17, 15) is 8.78 Å². The summed E-state index contributed by atoms with van der Waals surface area (Å²) in [4.78, 5) is 0. The number of rotatable bonds is 7. The normalized spacial score (nSPS) is 17.5. The van der Waals surface area contributed by atoms with Crippen LogP contribution in [-0.2, 0) is 11.2 Å². The number of ether oxygens (including phenoxy) is 2. The average molecular weight is 330 g/mol. The molecule has 1 aliphatic rings. The Kier molecular flexibility index (Phi) is 6.79. The minimum atomic E-state index is -2.79. The molecular weight excluding hydrogens is 310 g/mol. The first-order chi connectivity index (χ1) is 10.6. The van der Waals surface area contributed by atoms with Crippen molar-refractivity contribution < 1.29 is 18.3 Å². The fraction of sp³-hybridized carbons (Fsp3) is 0.533. The van der Waals surface area contributed by atoms with Gasteiger partial charge in [0.1, 0.15) is 5.75 Å². The molecule has 1 fully saturated rings. The van der Waals surface area contributed by atoms with E-state index in [0.29, 0.717) is 11.7 Å². The van der Waals surface area contributed by atoms with Crippen LogP contribution in [0, 0.1) is 0 Å². The Balaban J connectivity index is 1.61. The molecule has 1 aromatic rings. The second-order valence-electron chi connectivity index (χ2n) is 5.04. The van der Waals surface area contributed by atoms with Crippen molar-refractivity contribution in [2.75, 3.05) is 19.7 Å². The van der Waals surface area contributed by atoms with Crippen LogP contribution in [0.1, 0.15) is 18.4 Å². The number of thiocarbonyl (C=S) groups is 1. The molecule has 22 heavy (non-hydrogen) atoms. The highest BCUT2D eigenvalue weighted by Gasteiger charge is 2.15. The number of hydrogen-bond acceptors (Lipinski definition) is 3. The minimum Gasteiger partial charge on any atom is -0.435 e. The predicted octanol–water partition coefficient (Wildman–Crippen LogP) is 2.47.